The van der Waals surface area contributed by atoms with Gasteiger partial charge in [0.15, 0.2) is 36.8 Å². The zero-order valence-electron chi connectivity index (χ0n) is 27.7. The number of nitrogens with one attached hydrogen (secondary N) is 1. The van der Waals surface area contributed by atoms with E-state index in [1.54, 1.807) is 0 Å². The summed E-state index contributed by atoms with van der Waals surface area (Å²) in [6.07, 6.45) is -16.3. The lowest BCUT2D eigenvalue weighted by Gasteiger charge is -2.46. The molecule has 0 amide bonds. The maximum atomic E-state index is 12.2. The molecule has 22 heteroatoms. The number of carbonyl (C=O) groups excluding carboxylic acids is 7. The molecule has 50 heavy (non-hydrogen) atoms. The molecule has 0 bridgehead atoms. The van der Waals surface area contributed by atoms with Crippen LogP contribution in [0.25, 0.3) is 0 Å². The molecule has 0 aliphatic carbocycles. The minimum atomic E-state index is -2.45. The zero-order valence-corrected chi connectivity index (χ0v) is 29.9. The summed E-state index contributed by atoms with van der Waals surface area (Å²) < 4.78 is 57.7. The van der Waals surface area contributed by atoms with E-state index >= 15 is 0 Å². The predicted octanol–water partition coefficient (Wildman–Crippen LogP) is 0.970. The normalized spacial score (nSPS) is 29.3. The molecule has 282 valence electrons. The first-order chi connectivity index (χ1) is 23.1. The number of rotatable bonds is 12. The molecular weight excluding hydrogens is 745 g/mol. The lowest BCUT2D eigenvalue weighted by molar-refractivity contribution is -0.328. The molecule has 0 aromatic carbocycles. The van der Waals surface area contributed by atoms with Crippen LogP contribution in [-0.2, 0) is 85.7 Å². The molecule has 0 radical (unpaired) electrons. The van der Waals surface area contributed by atoms with Gasteiger partial charge in [-0.15, -0.1) is 0 Å². The standard InChI is InChI=1S/C28H36Cl3NO18/c1-10(33)40-8-17-19(42-11(2)34)21(44-13(4)36)23(46-15(6)38)25(48-17)41-9-18-20(43-12(3)35)22(45-14(5)37)24(47-16(7)39)26(49-18)50-27(32)28(29,30)31/h17-26,32H,8-9H2,1-7H3/t17-,18-,19-,20-,21+,22+,23-,24-,25-,26+/m1/s1. The minimum Gasteiger partial charge on any atom is -0.463 e. The number of hydrogen-bond acceptors (Lipinski definition) is 19. The van der Waals surface area contributed by atoms with Crippen molar-refractivity contribution in [3.05, 3.63) is 0 Å². The van der Waals surface area contributed by atoms with Crippen LogP contribution in [0.1, 0.15) is 48.5 Å². The fraction of sp³-hybridized carbons (Fsp3) is 0.714. The quantitative estimate of drug-likeness (QED) is 0.0953. The number of halogens is 3. The minimum absolute atomic E-state index is 0.568. The van der Waals surface area contributed by atoms with Crippen LogP contribution in [0.2, 0.25) is 0 Å². The molecule has 0 saturated carbocycles. The SMILES string of the molecule is CC(=O)OC[C@H]1O[C@@H](OC[C@H]2O[C@@H](OC(=N)C(Cl)(Cl)Cl)[C@H](OC(C)=O)[C@@H](OC(C)=O)[C@@H]2OC(C)=O)[C@H](OC(C)=O)[C@@H](OC(C)=O)[C@@H]1OC(C)=O. The third-order valence-electron chi connectivity index (χ3n) is 6.36. The van der Waals surface area contributed by atoms with Crippen LogP contribution in [0.15, 0.2) is 0 Å². The van der Waals surface area contributed by atoms with Gasteiger partial charge >= 0.3 is 41.8 Å². The van der Waals surface area contributed by atoms with Gasteiger partial charge in [0.05, 0.1) is 6.61 Å². The Morgan fingerprint density at radius 3 is 1.22 bits per heavy atom. The summed E-state index contributed by atoms with van der Waals surface area (Å²) in [6.45, 7) is 5.83. The summed E-state index contributed by atoms with van der Waals surface area (Å²) in [6, 6.07) is 0. The van der Waals surface area contributed by atoms with Gasteiger partial charge in [0.25, 0.3) is 3.79 Å². The first-order valence-electron chi connectivity index (χ1n) is 14.5. The third-order valence-corrected chi connectivity index (χ3v) is 6.88. The van der Waals surface area contributed by atoms with E-state index in [1.165, 1.54) is 0 Å². The Morgan fingerprint density at radius 1 is 0.500 bits per heavy atom. The number of ether oxygens (including phenoxy) is 11. The van der Waals surface area contributed by atoms with Crippen LogP contribution < -0.4 is 0 Å². The second-order valence-electron chi connectivity index (χ2n) is 10.6. The van der Waals surface area contributed by atoms with Gasteiger partial charge in [-0.1, -0.05) is 34.8 Å². The van der Waals surface area contributed by atoms with Crippen molar-refractivity contribution in [3.63, 3.8) is 0 Å². The van der Waals surface area contributed by atoms with Gasteiger partial charge < -0.3 is 52.1 Å². The van der Waals surface area contributed by atoms with E-state index in [-0.39, 0.29) is 0 Å². The second kappa shape index (κ2) is 18.7. The van der Waals surface area contributed by atoms with Gasteiger partial charge in [-0.05, 0) is 0 Å². The summed E-state index contributed by atoms with van der Waals surface area (Å²) in [5.41, 5.74) is 0. The van der Waals surface area contributed by atoms with Gasteiger partial charge in [-0.2, -0.15) is 0 Å². The molecule has 2 saturated heterocycles. The fourth-order valence-electron chi connectivity index (χ4n) is 4.78. The van der Waals surface area contributed by atoms with Gasteiger partial charge in [0.2, 0.25) is 18.3 Å². The summed E-state index contributed by atoms with van der Waals surface area (Å²) in [4.78, 5) is 84.5. The average Bonchev–Trinajstić information content (AvgIpc) is 2.94. The average molecular weight is 781 g/mol. The Labute approximate surface area is 300 Å². The number of carbonyl (C=O) groups is 7. The van der Waals surface area contributed by atoms with Crippen molar-refractivity contribution in [2.75, 3.05) is 13.2 Å². The highest BCUT2D eigenvalue weighted by Crippen LogP contribution is 2.35. The van der Waals surface area contributed by atoms with Crippen LogP contribution in [0.3, 0.4) is 0 Å². The van der Waals surface area contributed by atoms with E-state index in [9.17, 15) is 33.6 Å². The summed E-state index contributed by atoms with van der Waals surface area (Å²) in [7, 11) is 0. The molecule has 0 spiro atoms. The summed E-state index contributed by atoms with van der Waals surface area (Å²) >= 11 is 17.3. The van der Waals surface area contributed by atoms with E-state index in [0.717, 1.165) is 48.5 Å². The van der Waals surface area contributed by atoms with Crippen LogP contribution >= 0.6 is 34.8 Å². The van der Waals surface area contributed by atoms with Crippen molar-refractivity contribution in [2.24, 2.45) is 0 Å². The van der Waals surface area contributed by atoms with Crippen molar-refractivity contribution < 1.29 is 85.7 Å². The van der Waals surface area contributed by atoms with Crippen molar-refractivity contribution in [1.82, 2.24) is 0 Å². The topological polar surface area (TPSA) is 245 Å². The van der Waals surface area contributed by atoms with Crippen LogP contribution in [0, 0.1) is 5.41 Å². The summed E-state index contributed by atoms with van der Waals surface area (Å²) in [5.74, 6) is -7.29. The largest absolute Gasteiger partial charge is 0.463 e. The van der Waals surface area contributed by atoms with Crippen LogP contribution in [0.5, 0.6) is 0 Å². The smallest absolute Gasteiger partial charge is 0.303 e. The molecule has 19 nitrogen and oxygen atoms in total. The number of alkyl halides is 3. The molecular formula is C28H36Cl3NO18. The van der Waals surface area contributed by atoms with Crippen molar-refractivity contribution >= 4 is 82.5 Å². The highest BCUT2D eigenvalue weighted by atomic mass is 35.6. The number of hydrogen-bond donors (Lipinski definition) is 1. The molecule has 2 rings (SSSR count). The van der Waals surface area contributed by atoms with Crippen molar-refractivity contribution in [2.45, 2.75) is 114 Å². The van der Waals surface area contributed by atoms with E-state index in [2.05, 4.69) is 0 Å². The predicted molar refractivity (Wildman–Crippen MR) is 162 cm³/mol. The Morgan fingerprint density at radius 2 is 0.840 bits per heavy atom. The maximum Gasteiger partial charge on any atom is 0.303 e. The van der Waals surface area contributed by atoms with Gasteiger partial charge in [-0.25, -0.2) is 0 Å². The van der Waals surface area contributed by atoms with Gasteiger partial charge in [0, 0.05) is 48.5 Å². The molecule has 2 aliphatic rings. The zero-order chi connectivity index (χ0) is 38.1. The molecule has 0 unspecified atom stereocenters. The third kappa shape index (κ3) is 13.0. The van der Waals surface area contributed by atoms with E-state index in [4.69, 9.17) is 92.3 Å². The molecule has 2 aliphatic heterocycles. The fourth-order valence-corrected chi connectivity index (χ4v) is 4.91. The molecule has 2 fully saturated rings. The number of esters is 7. The Bertz CT molecular complexity index is 1310. The molecule has 0 aromatic heterocycles. The molecule has 2 heterocycles. The van der Waals surface area contributed by atoms with Gasteiger partial charge in [-0.3, -0.25) is 39.0 Å². The second-order valence-corrected chi connectivity index (χ2v) is 12.9. The van der Waals surface area contributed by atoms with Crippen LogP contribution in [-0.4, -0.2) is 126 Å². The first-order valence-corrected chi connectivity index (χ1v) is 15.7. The first kappa shape index (κ1) is 42.7. The van der Waals surface area contributed by atoms with Crippen LogP contribution in [0.4, 0.5) is 0 Å². The lowest BCUT2D eigenvalue weighted by atomic mass is 9.97. The van der Waals surface area contributed by atoms with E-state index in [0.29, 0.717) is 0 Å². The van der Waals surface area contributed by atoms with E-state index in [1.807, 2.05) is 0 Å². The maximum absolute atomic E-state index is 12.2. The molecule has 1 N–H and O–H groups in total. The Hall–Kier alpha value is -3.49. The Balaban J connectivity index is 2.62. The lowest BCUT2D eigenvalue weighted by Crippen LogP contribution is -2.65. The monoisotopic (exact) mass is 779 g/mol. The Kier molecular flexibility index (Phi) is 15.9. The molecule has 10 atom stereocenters. The van der Waals surface area contributed by atoms with Crippen molar-refractivity contribution in [3.8, 4) is 0 Å². The highest BCUT2D eigenvalue weighted by molar-refractivity contribution is 6.76. The van der Waals surface area contributed by atoms with E-state index < -0.39 is 126 Å². The van der Waals surface area contributed by atoms with Gasteiger partial charge in [0.1, 0.15) is 18.8 Å². The van der Waals surface area contributed by atoms with Crippen molar-refractivity contribution in [1.29, 1.82) is 5.41 Å². The highest BCUT2D eigenvalue weighted by Gasteiger charge is 2.56. The molecule has 0 aromatic rings. The summed E-state index contributed by atoms with van der Waals surface area (Å²) in [5, 5.41) is 8.03.